The van der Waals surface area contributed by atoms with Crippen LogP contribution in [0, 0.1) is 17.2 Å². The van der Waals surface area contributed by atoms with Crippen molar-refractivity contribution < 1.29 is 9.59 Å². The summed E-state index contributed by atoms with van der Waals surface area (Å²) in [6, 6.07) is 1.77. The molecule has 0 unspecified atom stereocenters. The molecule has 0 aliphatic rings. The average Bonchev–Trinajstić information content (AvgIpc) is 2.16. The molecule has 0 aromatic heterocycles. The molecule has 2 N–H and O–H groups in total. The minimum Gasteiger partial charge on any atom is -0.356 e. The second kappa shape index (κ2) is 8.72. The Bertz CT molecular complexity index is 269. The SMILES string of the molecule is CC(C)CC(=O)NCCCNC(=O)CC#N. The smallest absolute Gasteiger partial charge is 0.234 e. The van der Waals surface area contributed by atoms with Crippen LogP contribution in [0.2, 0.25) is 0 Å². The third-order valence-corrected chi connectivity index (χ3v) is 1.83. The first-order valence-corrected chi connectivity index (χ1v) is 5.46. The summed E-state index contributed by atoms with van der Waals surface area (Å²) in [7, 11) is 0. The standard InChI is InChI=1S/C11H19N3O2/c1-9(2)8-11(16)14-7-3-6-13-10(15)4-5-12/h9H,3-4,6-8H2,1-2H3,(H,13,15)(H,14,16). The Morgan fingerprint density at radius 3 is 2.25 bits per heavy atom. The lowest BCUT2D eigenvalue weighted by molar-refractivity contribution is -0.121. The second-order valence-corrected chi connectivity index (χ2v) is 3.99. The van der Waals surface area contributed by atoms with Crippen LogP contribution in [-0.2, 0) is 9.59 Å². The second-order valence-electron chi connectivity index (χ2n) is 3.99. The van der Waals surface area contributed by atoms with E-state index < -0.39 is 0 Å². The Labute approximate surface area is 96.2 Å². The van der Waals surface area contributed by atoms with Gasteiger partial charge < -0.3 is 10.6 Å². The van der Waals surface area contributed by atoms with Crippen LogP contribution in [0.5, 0.6) is 0 Å². The van der Waals surface area contributed by atoms with Crippen LogP contribution in [0.1, 0.15) is 33.1 Å². The van der Waals surface area contributed by atoms with Crippen molar-refractivity contribution in [3.8, 4) is 6.07 Å². The lowest BCUT2D eigenvalue weighted by Crippen LogP contribution is -2.30. The van der Waals surface area contributed by atoms with E-state index >= 15 is 0 Å². The summed E-state index contributed by atoms with van der Waals surface area (Å²) >= 11 is 0. The molecule has 0 rings (SSSR count). The molecule has 0 aromatic rings. The topological polar surface area (TPSA) is 82.0 Å². The van der Waals surface area contributed by atoms with Crippen molar-refractivity contribution in [1.82, 2.24) is 10.6 Å². The highest BCUT2D eigenvalue weighted by Crippen LogP contribution is 1.97. The predicted octanol–water partition coefficient (Wildman–Crippen LogP) is 0.569. The van der Waals surface area contributed by atoms with E-state index in [1.807, 2.05) is 13.8 Å². The van der Waals surface area contributed by atoms with Gasteiger partial charge in [-0.05, 0) is 12.3 Å². The van der Waals surface area contributed by atoms with Gasteiger partial charge in [0.15, 0.2) is 0 Å². The Morgan fingerprint density at radius 1 is 1.19 bits per heavy atom. The molecule has 0 aliphatic heterocycles. The van der Waals surface area contributed by atoms with Crippen LogP contribution >= 0.6 is 0 Å². The number of carbonyl (C=O) groups excluding carboxylic acids is 2. The van der Waals surface area contributed by atoms with Gasteiger partial charge in [0.2, 0.25) is 11.8 Å². The Balaban J connectivity index is 3.37. The van der Waals surface area contributed by atoms with Gasteiger partial charge in [-0.2, -0.15) is 5.26 Å². The summed E-state index contributed by atoms with van der Waals surface area (Å²) in [5.74, 6) is 0.129. The van der Waals surface area contributed by atoms with Gasteiger partial charge in [0.25, 0.3) is 0 Å². The molecule has 5 heteroatoms. The first kappa shape index (κ1) is 14.4. The number of carbonyl (C=O) groups is 2. The number of hydrogen-bond acceptors (Lipinski definition) is 3. The van der Waals surface area contributed by atoms with Crippen molar-refractivity contribution in [3.05, 3.63) is 0 Å². The number of nitrogens with zero attached hydrogens (tertiary/aromatic N) is 1. The number of amides is 2. The van der Waals surface area contributed by atoms with Gasteiger partial charge >= 0.3 is 0 Å². The van der Waals surface area contributed by atoms with Crippen LogP contribution in [0.3, 0.4) is 0 Å². The molecule has 0 bridgehead atoms. The number of nitriles is 1. The molecule has 0 radical (unpaired) electrons. The van der Waals surface area contributed by atoms with Gasteiger partial charge in [0.1, 0.15) is 6.42 Å². The van der Waals surface area contributed by atoms with Crippen molar-refractivity contribution in [2.45, 2.75) is 33.1 Å². The van der Waals surface area contributed by atoms with Gasteiger partial charge in [-0.25, -0.2) is 0 Å². The van der Waals surface area contributed by atoms with Crippen molar-refractivity contribution in [2.24, 2.45) is 5.92 Å². The highest BCUT2D eigenvalue weighted by atomic mass is 16.2. The summed E-state index contributed by atoms with van der Waals surface area (Å²) in [5.41, 5.74) is 0. The highest BCUT2D eigenvalue weighted by Gasteiger charge is 2.03. The van der Waals surface area contributed by atoms with E-state index in [9.17, 15) is 9.59 Å². The summed E-state index contributed by atoms with van der Waals surface area (Å²) in [5, 5.41) is 13.6. The molecular formula is C11H19N3O2. The van der Waals surface area contributed by atoms with Gasteiger partial charge in [0, 0.05) is 19.5 Å². The molecule has 0 fully saturated rings. The van der Waals surface area contributed by atoms with Crippen molar-refractivity contribution >= 4 is 11.8 Å². The molecule has 0 atom stereocenters. The van der Waals surface area contributed by atoms with Gasteiger partial charge in [-0.3, -0.25) is 9.59 Å². The zero-order valence-electron chi connectivity index (χ0n) is 9.88. The quantitative estimate of drug-likeness (QED) is 0.621. The van der Waals surface area contributed by atoms with Crippen LogP contribution in [0.15, 0.2) is 0 Å². The Kier molecular flexibility index (Phi) is 7.86. The lowest BCUT2D eigenvalue weighted by atomic mass is 10.1. The Morgan fingerprint density at radius 2 is 1.75 bits per heavy atom. The molecule has 0 saturated heterocycles. The largest absolute Gasteiger partial charge is 0.356 e. The van der Waals surface area contributed by atoms with Crippen LogP contribution in [-0.4, -0.2) is 24.9 Å². The average molecular weight is 225 g/mol. The third kappa shape index (κ3) is 9.00. The maximum Gasteiger partial charge on any atom is 0.234 e. The molecular weight excluding hydrogens is 206 g/mol. The van der Waals surface area contributed by atoms with Crippen molar-refractivity contribution in [2.75, 3.05) is 13.1 Å². The zero-order chi connectivity index (χ0) is 12.4. The molecule has 0 aliphatic carbocycles. The van der Waals surface area contributed by atoms with E-state index in [-0.39, 0.29) is 18.2 Å². The summed E-state index contributed by atoms with van der Waals surface area (Å²) < 4.78 is 0. The third-order valence-electron chi connectivity index (χ3n) is 1.83. The lowest BCUT2D eigenvalue weighted by Gasteiger charge is -2.07. The summed E-state index contributed by atoms with van der Waals surface area (Å²) in [6.07, 6.45) is 1.10. The van der Waals surface area contributed by atoms with Crippen LogP contribution in [0.25, 0.3) is 0 Å². The molecule has 90 valence electrons. The molecule has 5 nitrogen and oxygen atoms in total. The summed E-state index contributed by atoms with van der Waals surface area (Å²) in [6.45, 7) is 5.02. The highest BCUT2D eigenvalue weighted by molar-refractivity contribution is 5.78. The van der Waals surface area contributed by atoms with Gasteiger partial charge in [-0.15, -0.1) is 0 Å². The monoisotopic (exact) mass is 225 g/mol. The first-order chi connectivity index (χ1) is 7.56. The summed E-state index contributed by atoms with van der Waals surface area (Å²) in [4.78, 5) is 22.1. The minimum absolute atomic E-state index is 0.0401. The molecule has 0 heterocycles. The van der Waals surface area contributed by atoms with E-state index in [0.717, 1.165) is 0 Å². The van der Waals surface area contributed by atoms with Crippen LogP contribution in [0.4, 0.5) is 0 Å². The van der Waals surface area contributed by atoms with E-state index in [0.29, 0.717) is 31.8 Å². The normalized spacial score (nSPS) is 9.62. The van der Waals surface area contributed by atoms with Crippen molar-refractivity contribution in [1.29, 1.82) is 5.26 Å². The van der Waals surface area contributed by atoms with Crippen LogP contribution < -0.4 is 10.6 Å². The first-order valence-electron chi connectivity index (χ1n) is 5.46. The molecule has 0 spiro atoms. The predicted molar refractivity (Wildman–Crippen MR) is 60.3 cm³/mol. The molecule has 16 heavy (non-hydrogen) atoms. The van der Waals surface area contributed by atoms with E-state index in [2.05, 4.69) is 10.6 Å². The molecule has 2 amide bonds. The zero-order valence-corrected chi connectivity index (χ0v) is 9.88. The molecule has 0 aromatic carbocycles. The molecule has 0 saturated carbocycles. The van der Waals surface area contributed by atoms with Gasteiger partial charge in [0.05, 0.1) is 6.07 Å². The fraction of sp³-hybridized carbons (Fsp3) is 0.727. The minimum atomic E-state index is -0.268. The van der Waals surface area contributed by atoms with E-state index in [4.69, 9.17) is 5.26 Å². The van der Waals surface area contributed by atoms with Gasteiger partial charge in [-0.1, -0.05) is 13.8 Å². The van der Waals surface area contributed by atoms with Crippen molar-refractivity contribution in [3.63, 3.8) is 0 Å². The fourth-order valence-corrected chi connectivity index (χ4v) is 1.12. The maximum absolute atomic E-state index is 11.2. The number of hydrogen-bond donors (Lipinski definition) is 2. The maximum atomic E-state index is 11.2. The number of rotatable bonds is 7. The van der Waals surface area contributed by atoms with E-state index in [1.54, 1.807) is 6.07 Å². The van der Waals surface area contributed by atoms with E-state index in [1.165, 1.54) is 0 Å². The fourth-order valence-electron chi connectivity index (χ4n) is 1.12. The Hall–Kier alpha value is -1.57. The number of nitrogens with one attached hydrogen (secondary N) is 2.